The molecule has 1 saturated heterocycles. The first-order valence-corrected chi connectivity index (χ1v) is 15.7. The predicted octanol–water partition coefficient (Wildman–Crippen LogP) is 2.66. The number of unbranched alkanes of at least 4 members (excludes halogenated alkanes) is 14. The number of hydrogen-bond donors (Lipinski definition) is 6. The minimum Gasteiger partial charge on any atom is -0.505 e. The van der Waals surface area contributed by atoms with Crippen LogP contribution in [-0.2, 0) is 28.5 Å². The Hall–Kier alpha value is -1.96. The zero-order valence-electron chi connectivity index (χ0n) is 24.9. The highest BCUT2D eigenvalue weighted by molar-refractivity contribution is 5.89. The van der Waals surface area contributed by atoms with Crippen molar-refractivity contribution in [1.29, 1.82) is 0 Å². The first-order chi connectivity index (χ1) is 20.2. The average molecular weight is 605 g/mol. The summed E-state index contributed by atoms with van der Waals surface area (Å²) in [4.78, 5) is 24.2. The topological polar surface area (TPSA) is 192 Å². The highest BCUT2D eigenvalue weighted by Gasteiger charge is 2.48. The van der Waals surface area contributed by atoms with E-state index in [4.69, 9.17) is 24.1 Å². The number of aliphatic hydroxyl groups excluding tert-OH is 6. The van der Waals surface area contributed by atoms with Gasteiger partial charge in [0, 0.05) is 6.42 Å². The van der Waals surface area contributed by atoms with Crippen molar-refractivity contribution in [3.63, 3.8) is 0 Å². The van der Waals surface area contributed by atoms with Gasteiger partial charge in [0.25, 0.3) is 0 Å². The summed E-state index contributed by atoms with van der Waals surface area (Å²) in [5.41, 5.74) is 0. The zero-order chi connectivity index (χ0) is 30.9. The van der Waals surface area contributed by atoms with E-state index in [2.05, 4.69) is 6.92 Å². The second-order valence-electron chi connectivity index (χ2n) is 11.3. The van der Waals surface area contributed by atoms with Crippen molar-refractivity contribution < 1.29 is 59.2 Å². The average Bonchev–Trinajstić information content (AvgIpc) is 3.26. The maximum Gasteiger partial charge on any atom is 0.378 e. The van der Waals surface area contributed by atoms with Gasteiger partial charge < -0.3 is 49.6 Å². The molecule has 12 heteroatoms. The van der Waals surface area contributed by atoms with Crippen LogP contribution >= 0.6 is 0 Å². The molecule has 12 nitrogen and oxygen atoms in total. The van der Waals surface area contributed by atoms with Gasteiger partial charge >= 0.3 is 11.9 Å². The van der Waals surface area contributed by atoms with Crippen LogP contribution in [-0.4, -0.2) is 98.7 Å². The highest BCUT2D eigenvalue weighted by atomic mass is 16.7. The van der Waals surface area contributed by atoms with Crippen LogP contribution in [0.3, 0.4) is 0 Å². The first-order valence-electron chi connectivity index (χ1n) is 15.7. The SMILES string of the molecule is CCCCCCCCCCCCCCCCCC(=O)OC[C@H]1OC(OC2=C(O)[C@@H]([C@@H](O)CO)OC2=O)[C@H](O)[C@@H](O)[C@@H]1O. The number of carbonyl (C=O) groups is 2. The molecule has 2 rings (SSSR count). The summed E-state index contributed by atoms with van der Waals surface area (Å²) < 4.78 is 20.6. The summed E-state index contributed by atoms with van der Waals surface area (Å²) in [5, 5.41) is 59.6. The van der Waals surface area contributed by atoms with E-state index in [0.717, 1.165) is 19.3 Å². The van der Waals surface area contributed by atoms with E-state index in [9.17, 15) is 35.1 Å². The van der Waals surface area contributed by atoms with E-state index < -0.39 is 79.6 Å². The van der Waals surface area contributed by atoms with Crippen LogP contribution in [0.1, 0.15) is 110 Å². The highest BCUT2D eigenvalue weighted by Crippen LogP contribution is 2.30. The van der Waals surface area contributed by atoms with Gasteiger partial charge in [-0.2, -0.15) is 0 Å². The van der Waals surface area contributed by atoms with Crippen molar-refractivity contribution in [3.8, 4) is 0 Å². The fourth-order valence-corrected chi connectivity index (χ4v) is 5.08. The van der Waals surface area contributed by atoms with Crippen molar-refractivity contribution in [2.75, 3.05) is 13.2 Å². The fourth-order valence-electron chi connectivity index (χ4n) is 5.08. The lowest BCUT2D eigenvalue weighted by Gasteiger charge is -2.39. The number of aliphatic hydroxyl groups is 6. The molecule has 42 heavy (non-hydrogen) atoms. The lowest BCUT2D eigenvalue weighted by molar-refractivity contribution is -0.292. The standard InChI is InChI=1S/C30H52O12/c1-2-3-4-5-6-7-8-9-10-11-12-13-14-15-16-17-22(33)39-19-21-23(34)24(35)25(36)30(40-21)42-28-26(37)27(20(32)18-31)41-29(28)38/h20-21,23-25,27,30-32,34-37H,2-19H2,1H3/t20-,21+,23+,24-,25+,27+,30?/m0/s1. The molecule has 0 saturated carbocycles. The lowest BCUT2D eigenvalue weighted by atomic mass is 9.99. The Morgan fingerprint density at radius 3 is 1.88 bits per heavy atom. The van der Waals surface area contributed by atoms with E-state index in [1.807, 2.05) is 0 Å². The minimum atomic E-state index is -1.83. The van der Waals surface area contributed by atoms with Crippen molar-refractivity contribution in [2.45, 2.75) is 153 Å². The van der Waals surface area contributed by atoms with Gasteiger partial charge in [-0.25, -0.2) is 4.79 Å². The summed E-state index contributed by atoms with van der Waals surface area (Å²) in [6.07, 6.45) is 6.91. The van der Waals surface area contributed by atoms with Gasteiger partial charge in [0.15, 0.2) is 11.9 Å². The number of cyclic esters (lactones) is 1. The molecule has 6 N–H and O–H groups in total. The number of ether oxygens (including phenoxy) is 4. The number of hydrogen-bond acceptors (Lipinski definition) is 12. The van der Waals surface area contributed by atoms with Crippen molar-refractivity contribution in [2.24, 2.45) is 0 Å². The zero-order valence-corrected chi connectivity index (χ0v) is 24.9. The molecule has 1 fully saturated rings. The molecule has 2 aliphatic rings. The molecule has 2 heterocycles. The number of esters is 2. The Kier molecular flexibility index (Phi) is 17.3. The third-order valence-electron chi connectivity index (χ3n) is 7.75. The Morgan fingerprint density at radius 1 is 0.833 bits per heavy atom. The molecule has 0 bridgehead atoms. The molecular formula is C30H52O12. The lowest BCUT2D eigenvalue weighted by Crippen LogP contribution is -2.59. The maximum absolute atomic E-state index is 12.2. The third kappa shape index (κ3) is 12.0. The van der Waals surface area contributed by atoms with Crippen LogP contribution in [0.15, 0.2) is 11.5 Å². The molecule has 0 radical (unpaired) electrons. The number of rotatable bonds is 22. The van der Waals surface area contributed by atoms with Crippen LogP contribution in [0.2, 0.25) is 0 Å². The second kappa shape index (κ2) is 20.1. The summed E-state index contributed by atoms with van der Waals surface area (Å²) >= 11 is 0. The Morgan fingerprint density at radius 2 is 1.36 bits per heavy atom. The number of carbonyl (C=O) groups excluding carboxylic acids is 2. The Bertz CT molecular complexity index is 818. The molecule has 0 aliphatic carbocycles. The van der Waals surface area contributed by atoms with Crippen molar-refractivity contribution >= 4 is 11.9 Å². The van der Waals surface area contributed by atoms with Gasteiger partial charge in [0.1, 0.15) is 37.1 Å². The van der Waals surface area contributed by atoms with E-state index in [1.165, 1.54) is 70.6 Å². The monoisotopic (exact) mass is 604 g/mol. The minimum absolute atomic E-state index is 0.188. The fraction of sp³-hybridized carbons (Fsp3) is 0.867. The maximum atomic E-state index is 12.2. The smallest absolute Gasteiger partial charge is 0.378 e. The molecule has 0 amide bonds. The Labute approximate surface area is 248 Å². The molecule has 0 aromatic rings. The largest absolute Gasteiger partial charge is 0.505 e. The molecule has 0 aromatic carbocycles. The molecular weight excluding hydrogens is 552 g/mol. The van der Waals surface area contributed by atoms with E-state index in [-0.39, 0.29) is 6.42 Å². The second-order valence-corrected chi connectivity index (χ2v) is 11.3. The van der Waals surface area contributed by atoms with Gasteiger partial charge in [0.2, 0.25) is 12.0 Å². The molecule has 1 unspecified atom stereocenters. The molecule has 2 aliphatic heterocycles. The molecule has 7 atom stereocenters. The summed E-state index contributed by atoms with van der Waals surface area (Å²) in [6, 6.07) is 0. The predicted molar refractivity (Wildman–Crippen MR) is 151 cm³/mol. The van der Waals surface area contributed by atoms with E-state index in [0.29, 0.717) is 6.42 Å². The van der Waals surface area contributed by atoms with Gasteiger partial charge in [-0.05, 0) is 6.42 Å². The van der Waals surface area contributed by atoms with Crippen LogP contribution in [0.4, 0.5) is 0 Å². The van der Waals surface area contributed by atoms with Crippen molar-refractivity contribution in [1.82, 2.24) is 0 Å². The normalized spacial score (nSPS) is 26.8. The molecule has 0 spiro atoms. The van der Waals surface area contributed by atoms with Crippen molar-refractivity contribution in [3.05, 3.63) is 11.5 Å². The van der Waals surface area contributed by atoms with E-state index in [1.54, 1.807) is 0 Å². The summed E-state index contributed by atoms with van der Waals surface area (Å²) in [7, 11) is 0. The van der Waals surface area contributed by atoms with Gasteiger partial charge in [-0.1, -0.05) is 96.8 Å². The first kappa shape index (κ1) is 36.2. The van der Waals surface area contributed by atoms with Crippen LogP contribution in [0.5, 0.6) is 0 Å². The van der Waals surface area contributed by atoms with Crippen LogP contribution in [0, 0.1) is 0 Å². The van der Waals surface area contributed by atoms with Gasteiger partial charge in [-0.3, -0.25) is 4.79 Å². The summed E-state index contributed by atoms with van der Waals surface area (Å²) in [5.74, 6) is -3.31. The Balaban J connectivity index is 1.61. The molecule has 244 valence electrons. The van der Waals surface area contributed by atoms with Gasteiger partial charge in [-0.15, -0.1) is 0 Å². The van der Waals surface area contributed by atoms with E-state index >= 15 is 0 Å². The van der Waals surface area contributed by atoms with Crippen LogP contribution < -0.4 is 0 Å². The third-order valence-corrected chi connectivity index (χ3v) is 7.75. The van der Waals surface area contributed by atoms with Crippen LogP contribution in [0.25, 0.3) is 0 Å². The van der Waals surface area contributed by atoms with Gasteiger partial charge in [0.05, 0.1) is 6.61 Å². The molecule has 0 aromatic heterocycles. The quantitative estimate of drug-likeness (QED) is 0.0783. The summed E-state index contributed by atoms with van der Waals surface area (Å²) in [6.45, 7) is 0.988.